The first-order valence-electron chi connectivity index (χ1n) is 5.78. The number of rotatable bonds is 2. The number of ketones is 1. The van der Waals surface area contributed by atoms with E-state index in [0.717, 1.165) is 32.6 Å². The quantitative estimate of drug-likeness (QED) is 0.809. The third kappa shape index (κ3) is 2.92. The van der Waals surface area contributed by atoms with Gasteiger partial charge in [-0.2, -0.15) is 0 Å². The van der Waals surface area contributed by atoms with E-state index in [1.807, 2.05) is 4.90 Å². The lowest BCUT2D eigenvalue weighted by Crippen LogP contribution is -2.33. The molecule has 1 N–H and O–H groups in total. The van der Waals surface area contributed by atoms with Crippen LogP contribution in [0.25, 0.3) is 0 Å². The Morgan fingerprint density at radius 1 is 1.35 bits per heavy atom. The lowest BCUT2D eigenvalue weighted by molar-refractivity contribution is 0.0771. The van der Waals surface area contributed by atoms with Gasteiger partial charge in [-0.05, 0) is 26.0 Å². The molecule has 0 spiro atoms. The zero-order valence-corrected chi connectivity index (χ0v) is 10.7. The minimum atomic E-state index is 0.0119. The third-order valence-corrected chi connectivity index (χ3v) is 3.76. The van der Waals surface area contributed by atoms with Crippen LogP contribution in [-0.2, 0) is 0 Å². The molecule has 0 bridgehead atoms. The summed E-state index contributed by atoms with van der Waals surface area (Å²) in [5.74, 6) is 0.0593. The molecule has 1 amide bonds. The maximum Gasteiger partial charge on any atom is 0.263 e. The van der Waals surface area contributed by atoms with Gasteiger partial charge in [-0.3, -0.25) is 9.59 Å². The Balaban J connectivity index is 2.09. The summed E-state index contributed by atoms with van der Waals surface area (Å²) in [7, 11) is 0. The SMILES string of the molecule is CC(=O)c1csc(C(=O)N2CCCNCC2)c1. The normalized spacial score (nSPS) is 16.6. The number of hydrogen-bond donors (Lipinski definition) is 1. The van der Waals surface area contributed by atoms with E-state index in [9.17, 15) is 9.59 Å². The second-order valence-corrected chi connectivity index (χ2v) is 5.06. The van der Waals surface area contributed by atoms with Crippen molar-refractivity contribution in [1.29, 1.82) is 0 Å². The van der Waals surface area contributed by atoms with Gasteiger partial charge in [0.2, 0.25) is 0 Å². The van der Waals surface area contributed by atoms with Gasteiger partial charge < -0.3 is 10.2 Å². The molecule has 0 aliphatic carbocycles. The molecule has 92 valence electrons. The van der Waals surface area contributed by atoms with Gasteiger partial charge in [0, 0.05) is 30.6 Å². The summed E-state index contributed by atoms with van der Waals surface area (Å²) >= 11 is 1.35. The zero-order chi connectivity index (χ0) is 12.3. The fourth-order valence-electron chi connectivity index (χ4n) is 1.84. The third-order valence-electron chi connectivity index (χ3n) is 2.84. The average molecular weight is 252 g/mol. The van der Waals surface area contributed by atoms with Gasteiger partial charge in [-0.1, -0.05) is 0 Å². The summed E-state index contributed by atoms with van der Waals surface area (Å²) in [4.78, 5) is 25.9. The molecule has 2 heterocycles. The van der Waals surface area contributed by atoms with Crippen LogP contribution in [-0.4, -0.2) is 42.8 Å². The zero-order valence-electron chi connectivity index (χ0n) is 9.86. The van der Waals surface area contributed by atoms with E-state index in [1.165, 1.54) is 18.3 Å². The molecule has 2 rings (SSSR count). The highest BCUT2D eigenvalue weighted by molar-refractivity contribution is 7.12. The van der Waals surface area contributed by atoms with Gasteiger partial charge in [0.15, 0.2) is 5.78 Å². The van der Waals surface area contributed by atoms with Crippen molar-refractivity contribution in [3.63, 3.8) is 0 Å². The van der Waals surface area contributed by atoms with Crippen molar-refractivity contribution >= 4 is 23.0 Å². The molecule has 1 aromatic heterocycles. The van der Waals surface area contributed by atoms with Crippen molar-refractivity contribution in [1.82, 2.24) is 10.2 Å². The number of thiophene rings is 1. The highest BCUT2D eigenvalue weighted by Gasteiger charge is 2.19. The number of Topliss-reactive ketones (excluding diaryl/α,β-unsaturated/α-hetero) is 1. The van der Waals surface area contributed by atoms with Crippen molar-refractivity contribution in [2.45, 2.75) is 13.3 Å². The maximum atomic E-state index is 12.2. The molecule has 1 fully saturated rings. The smallest absolute Gasteiger partial charge is 0.263 e. The lowest BCUT2D eigenvalue weighted by Gasteiger charge is -2.18. The number of hydrogen-bond acceptors (Lipinski definition) is 4. The molecular weight excluding hydrogens is 236 g/mol. The van der Waals surface area contributed by atoms with E-state index >= 15 is 0 Å². The minimum absolute atomic E-state index is 0.0119. The van der Waals surface area contributed by atoms with E-state index < -0.39 is 0 Å². The van der Waals surface area contributed by atoms with E-state index in [0.29, 0.717) is 10.4 Å². The summed E-state index contributed by atoms with van der Waals surface area (Å²) in [6, 6.07) is 1.70. The molecule has 0 saturated carbocycles. The van der Waals surface area contributed by atoms with Gasteiger partial charge in [-0.15, -0.1) is 11.3 Å². The van der Waals surface area contributed by atoms with Crippen LogP contribution in [0.15, 0.2) is 11.4 Å². The van der Waals surface area contributed by atoms with Crippen molar-refractivity contribution < 1.29 is 9.59 Å². The van der Waals surface area contributed by atoms with Crippen LogP contribution in [0.1, 0.15) is 33.4 Å². The lowest BCUT2D eigenvalue weighted by atomic mass is 10.2. The highest BCUT2D eigenvalue weighted by atomic mass is 32.1. The molecule has 1 aliphatic heterocycles. The van der Waals surface area contributed by atoms with Gasteiger partial charge >= 0.3 is 0 Å². The minimum Gasteiger partial charge on any atom is -0.337 e. The Kier molecular flexibility index (Phi) is 3.91. The molecule has 0 atom stereocenters. The summed E-state index contributed by atoms with van der Waals surface area (Å²) in [6.07, 6.45) is 0.983. The van der Waals surface area contributed by atoms with Crippen LogP contribution < -0.4 is 5.32 Å². The van der Waals surface area contributed by atoms with Crippen LogP contribution in [0.2, 0.25) is 0 Å². The van der Waals surface area contributed by atoms with Gasteiger partial charge in [0.1, 0.15) is 0 Å². The Labute approximate surface area is 105 Å². The average Bonchev–Trinajstić information content (AvgIpc) is 2.65. The van der Waals surface area contributed by atoms with Crippen molar-refractivity contribution in [2.75, 3.05) is 26.2 Å². The van der Waals surface area contributed by atoms with E-state index in [-0.39, 0.29) is 11.7 Å². The number of amides is 1. The molecule has 4 nitrogen and oxygen atoms in total. The summed E-state index contributed by atoms with van der Waals surface area (Å²) in [6.45, 7) is 4.86. The van der Waals surface area contributed by atoms with E-state index in [2.05, 4.69) is 5.32 Å². The fraction of sp³-hybridized carbons (Fsp3) is 0.500. The summed E-state index contributed by atoms with van der Waals surface area (Å²) in [5.41, 5.74) is 0.631. The molecule has 5 heteroatoms. The van der Waals surface area contributed by atoms with E-state index in [1.54, 1.807) is 11.4 Å². The van der Waals surface area contributed by atoms with E-state index in [4.69, 9.17) is 0 Å². The van der Waals surface area contributed by atoms with Gasteiger partial charge in [0.25, 0.3) is 5.91 Å². The van der Waals surface area contributed by atoms with Crippen LogP contribution in [0.4, 0.5) is 0 Å². The molecule has 1 saturated heterocycles. The molecule has 17 heavy (non-hydrogen) atoms. The van der Waals surface area contributed by atoms with Gasteiger partial charge in [0.05, 0.1) is 4.88 Å². The summed E-state index contributed by atoms with van der Waals surface area (Å²) < 4.78 is 0. The molecule has 0 radical (unpaired) electrons. The molecular formula is C12H16N2O2S. The van der Waals surface area contributed by atoms with Crippen LogP contribution in [0.3, 0.4) is 0 Å². The molecule has 0 unspecified atom stereocenters. The molecule has 0 aromatic carbocycles. The second kappa shape index (κ2) is 5.42. The largest absolute Gasteiger partial charge is 0.337 e. The Hall–Kier alpha value is -1.20. The predicted octanol–water partition coefficient (Wildman–Crippen LogP) is 1.39. The topological polar surface area (TPSA) is 49.4 Å². The Morgan fingerprint density at radius 2 is 2.18 bits per heavy atom. The number of carbonyl (C=O) groups is 2. The van der Waals surface area contributed by atoms with Crippen LogP contribution in [0.5, 0.6) is 0 Å². The molecule has 1 aromatic rings. The monoisotopic (exact) mass is 252 g/mol. The highest BCUT2D eigenvalue weighted by Crippen LogP contribution is 2.17. The standard InChI is InChI=1S/C12H16N2O2S/c1-9(15)10-7-11(17-8-10)12(16)14-5-2-3-13-4-6-14/h7-8,13H,2-6H2,1H3. The Bertz CT molecular complexity index is 420. The number of carbonyl (C=O) groups excluding carboxylic acids is 2. The predicted molar refractivity (Wildman–Crippen MR) is 67.7 cm³/mol. The maximum absolute atomic E-state index is 12.2. The van der Waals surface area contributed by atoms with Crippen molar-refractivity contribution in [2.24, 2.45) is 0 Å². The van der Waals surface area contributed by atoms with Gasteiger partial charge in [-0.25, -0.2) is 0 Å². The van der Waals surface area contributed by atoms with Crippen molar-refractivity contribution in [3.8, 4) is 0 Å². The second-order valence-electron chi connectivity index (χ2n) is 4.15. The van der Waals surface area contributed by atoms with Crippen molar-refractivity contribution in [3.05, 3.63) is 21.9 Å². The first-order chi connectivity index (χ1) is 8.18. The summed E-state index contributed by atoms with van der Waals surface area (Å²) in [5, 5.41) is 5.02. The fourth-order valence-corrected chi connectivity index (χ4v) is 2.75. The number of nitrogens with one attached hydrogen (secondary N) is 1. The van der Waals surface area contributed by atoms with Crippen LogP contribution in [0, 0.1) is 0 Å². The first-order valence-corrected chi connectivity index (χ1v) is 6.66. The number of nitrogens with zero attached hydrogens (tertiary/aromatic N) is 1. The molecule has 1 aliphatic rings. The van der Waals surface area contributed by atoms with Crippen LogP contribution >= 0.6 is 11.3 Å². The first kappa shape index (κ1) is 12.3. The Morgan fingerprint density at radius 3 is 2.88 bits per heavy atom.